The van der Waals surface area contributed by atoms with Crippen molar-refractivity contribution in [2.45, 2.75) is 45.8 Å². The van der Waals surface area contributed by atoms with Gasteiger partial charge in [0.2, 0.25) is 0 Å². The molecule has 1 heterocycles. The van der Waals surface area contributed by atoms with Gasteiger partial charge in [0.25, 0.3) is 0 Å². The van der Waals surface area contributed by atoms with Crippen LogP contribution in [0.4, 0.5) is 0 Å². The van der Waals surface area contributed by atoms with Gasteiger partial charge in [-0.15, -0.1) is 0 Å². The van der Waals surface area contributed by atoms with E-state index in [1.54, 1.807) is 0 Å². The van der Waals surface area contributed by atoms with Gasteiger partial charge in [-0.1, -0.05) is 19.9 Å². The van der Waals surface area contributed by atoms with E-state index >= 15 is 0 Å². The Bertz CT molecular complexity index is 541. The first kappa shape index (κ1) is 14.8. The number of nitrogens with one attached hydrogen (secondary N) is 1. The molecule has 1 aromatic carbocycles. The van der Waals surface area contributed by atoms with Gasteiger partial charge in [0.15, 0.2) is 0 Å². The number of ether oxygens (including phenoxy) is 1. The van der Waals surface area contributed by atoms with Crippen LogP contribution in [-0.2, 0) is 0 Å². The van der Waals surface area contributed by atoms with Crippen LogP contribution in [0.1, 0.15) is 33.6 Å². The van der Waals surface area contributed by atoms with Crippen LogP contribution in [0.15, 0.2) is 36.5 Å². The number of aromatic nitrogens is 1. The van der Waals surface area contributed by atoms with Crippen molar-refractivity contribution in [2.75, 3.05) is 6.54 Å². The second-order valence-electron chi connectivity index (χ2n) is 5.15. The van der Waals surface area contributed by atoms with Crippen molar-refractivity contribution in [2.24, 2.45) is 0 Å². The third-order valence-electron chi connectivity index (χ3n) is 3.56. The number of fused-ring (bicyclic) bond motifs is 1. The molecule has 2 atom stereocenters. The lowest BCUT2D eigenvalue weighted by atomic mass is 10.1. The van der Waals surface area contributed by atoms with E-state index in [0.717, 1.165) is 36.0 Å². The number of nitrogens with zero attached hydrogens (tertiary/aromatic N) is 1. The van der Waals surface area contributed by atoms with Crippen LogP contribution >= 0.6 is 0 Å². The molecule has 0 saturated heterocycles. The Morgan fingerprint density at radius 1 is 1.25 bits per heavy atom. The molecule has 0 fully saturated rings. The van der Waals surface area contributed by atoms with Crippen molar-refractivity contribution in [1.29, 1.82) is 0 Å². The standard InChI is InChI=1S/C17H24N2O/c1-4-10-18-16(5-2)13(3)20-15-9-8-14-7-6-11-19-17(14)12-15/h6-9,11-13,16,18H,4-5,10H2,1-3H3. The molecule has 0 radical (unpaired) electrons. The predicted octanol–water partition coefficient (Wildman–Crippen LogP) is 3.78. The van der Waals surface area contributed by atoms with E-state index in [-0.39, 0.29) is 6.10 Å². The van der Waals surface area contributed by atoms with Crippen molar-refractivity contribution >= 4 is 10.9 Å². The quantitative estimate of drug-likeness (QED) is 0.833. The molecule has 2 aromatic rings. The third kappa shape index (κ3) is 3.70. The third-order valence-corrected chi connectivity index (χ3v) is 3.56. The van der Waals surface area contributed by atoms with Crippen molar-refractivity contribution in [3.8, 4) is 5.75 Å². The van der Waals surface area contributed by atoms with Crippen LogP contribution in [0, 0.1) is 0 Å². The summed E-state index contributed by atoms with van der Waals surface area (Å²) >= 11 is 0. The molecule has 3 nitrogen and oxygen atoms in total. The average molecular weight is 272 g/mol. The summed E-state index contributed by atoms with van der Waals surface area (Å²) in [4.78, 5) is 4.37. The minimum atomic E-state index is 0.146. The highest BCUT2D eigenvalue weighted by molar-refractivity contribution is 5.79. The molecule has 1 N–H and O–H groups in total. The van der Waals surface area contributed by atoms with Crippen molar-refractivity contribution in [1.82, 2.24) is 10.3 Å². The van der Waals surface area contributed by atoms with Gasteiger partial charge in [-0.2, -0.15) is 0 Å². The second-order valence-corrected chi connectivity index (χ2v) is 5.15. The number of rotatable bonds is 7. The fraction of sp³-hybridized carbons (Fsp3) is 0.471. The molecule has 2 unspecified atom stereocenters. The van der Waals surface area contributed by atoms with Crippen LogP contribution in [0.3, 0.4) is 0 Å². The lowest BCUT2D eigenvalue weighted by molar-refractivity contribution is 0.167. The molecular weight excluding hydrogens is 248 g/mol. The van der Waals surface area contributed by atoms with Crippen LogP contribution in [0.25, 0.3) is 10.9 Å². The summed E-state index contributed by atoms with van der Waals surface area (Å²) in [6.45, 7) is 7.53. The summed E-state index contributed by atoms with van der Waals surface area (Å²) < 4.78 is 6.07. The molecule has 3 heteroatoms. The highest BCUT2D eigenvalue weighted by Crippen LogP contribution is 2.20. The Balaban J connectivity index is 2.06. The van der Waals surface area contributed by atoms with Crippen molar-refractivity contribution < 1.29 is 4.74 Å². The van der Waals surface area contributed by atoms with Gasteiger partial charge in [-0.25, -0.2) is 0 Å². The molecule has 0 bridgehead atoms. The summed E-state index contributed by atoms with van der Waals surface area (Å²) in [6.07, 6.45) is 4.16. The predicted molar refractivity (Wildman–Crippen MR) is 84.2 cm³/mol. The molecule has 0 aliphatic carbocycles. The monoisotopic (exact) mass is 272 g/mol. The van der Waals surface area contributed by atoms with Gasteiger partial charge in [0.05, 0.1) is 5.52 Å². The molecule has 108 valence electrons. The van der Waals surface area contributed by atoms with E-state index in [1.165, 1.54) is 0 Å². The zero-order valence-corrected chi connectivity index (χ0v) is 12.6. The summed E-state index contributed by atoms with van der Waals surface area (Å²) in [5.41, 5.74) is 0.978. The molecule has 2 rings (SSSR count). The molecule has 0 aliphatic rings. The lowest BCUT2D eigenvalue weighted by Gasteiger charge is -2.25. The summed E-state index contributed by atoms with van der Waals surface area (Å²) in [7, 11) is 0. The fourth-order valence-electron chi connectivity index (χ4n) is 2.39. The first-order valence-corrected chi connectivity index (χ1v) is 7.49. The first-order valence-electron chi connectivity index (χ1n) is 7.49. The van der Waals surface area contributed by atoms with E-state index in [0.29, 0.717) is 6.04 Å². The van der Waals surface area contributed by atoms with Gasteiger partial charge >= 0.3 is 0 Å². The molecule has 0 amide bonds. The maximum Gasteiger partial charge on any atom is 0.121 e. The van der Waals surface area contributed by atoms with Crippen molar-refractivity contribution in [3.63, 3.8) is 0 Å². The van der Waals surface area contributed by atoms with Gasteiger partial charge in [0.1, 0.15) is 11.9 Å². The topological polar surface area (TPSA) is 34.1 Å². The smallest absolute Gasteiger partial charge is 0.121 e. The highest BCUT2D eigenvalue weighted by atomic mass is 16.5. The molecule has 0 spiro atoms. The van der Waals surface area contributed by atoms with Gasteiger partial charge in [-0.3, -0.25) is 4.98 Å². The Hall–Kier alpha value is -1.61. The van der Waals surface area contributed by atoms with E-state index in [2.05, 4.69) is 43.2 Å². The average Bonchev–Trinajstić information content (AvgIpc) is 2.48. The Kier molecular flexibility index (Phi) is 5.36. The number of pyridine rings is 1. The summed E-state index contributed by atoms with van der Waals surface area (Å²) in [5.74, 6) is 0.889. The molecule has 1 aromatic heterocycles. The normalized spacial score (nSPS) is 14.2. The highest BCUT2D eigenvalue weighted by Gasteiger charge is 2.16. The minimum absolute atomic E-state index is 0.146. The maximum absolute atomic E-state index is 6.07. The van der Waals surface area contributed by atoms with Crippen LogP contribution in [-0.4, -0.2) is 23.7 Å². The zero-order valence-electron chi connectivity index (χ0n) is 12.6. The fourth-order valence-corrected chi connectivity index (χ4v) is 2.39. The van der Waals surface area contributed by atoms with Crippen LogP contribution in [0.2, 0.25) is 0 Å². The molecule has 0 saturated carbocycles. The van der Waals surface area contributed by atoms with Gasteiger partial charge in [0, 0.05) is 23.7 Å². The number of hydrogen-bond acceptors (Lipinski definition) is 3. The molecular formula is C17H24N2O. The van der Waals surface area contributed by atoms with Gasteiger partial charge in [-0.05, 0) is 44.5 Å². The Labute approximate surface area is 121 Å². The van der Waals surface area contributed by atoms with E-state index in [1.807, 2.05) is 24.4 Å². The first-order chi connectivity index (χ1) is 9.74. The summed E-state index contributed by atoms with van der Waals surface area (Å²) in [5, 5.41) is 4.68. The van der Waals surface area contributed by atoms with E-state index in [4.69, 9.17) is 4.74 Å². The van der Waals surface area contributed by atoms with Crippen LogP contribution in [0.5, 0.6) is 5.75 Å². The Morgan fingerprint density at radius 2 is 2.10 bits per heavy atom. The maximum atomic E-state index is 6.07. The minimum Gasteiger partial charge on any atom is -0.489 e. The number of benzene rings is 1. The second kappa shape index (κ2) is 7.25. The molecule has 20 heavy (non-hydrogen) atoms. The van der Waals surface area contributed by atoms with E-state index < -0.39 is 0 Å². The van der Waals surface area contributed by atoms with Crippen molar-refractivity contribution in [3.05, 3.63) is 36.5 Å². The molecule has 0 aliphatic heterocycles. The number of hydrogen-bond donors (Lipinski definition) is 1. The summed E-state index contributed by atoms with van der Waals surface area (Å²) in [6, 6.07) is 10.5. The SMILES string of the molecule is CCCNC(CC)C(C)Oc1ccc2cccnc2c1. The zero-order chi connectivity index (χ0) is 14.4. The largest absolute Gasteiger partial charge is 0.489 e. The van der Waals surface area contributed by atoms with Gasteiger partial charge < -0.3 is 10.1 Å². The van der Waals surface area contributed by atoms with Crippen LogP contribution < -0.4 is 10.1 Å². The Morgan fingerprint density at radius 3 is 2.85 bits per heavy atom. The van der Waals surface area contributed by atoms with E-state index in [9.17, 15) is 0 Å². The lowest BCUT2D eigenvalue weighted by Crippen LogP contribution is -2.41.